The third-order valence-corrected chi connectivity index (χ3v) is 2.05. The van der Waals surface area contributed by atoms with Gasteiger partial charge in [-0.25, -0.2) is 0 Å². The Balaban J connectivity index is 2.47. The second-order valence-electron chi connectivity index (χ2n) is 1.33. The smallest absolute Gasteiger partial charge is 0.0354 e. The Hall–Kier alpha value is 0.470. The van der Waals surface area contributed by atoms with Gasteiger partial charge in [-0.2, -0.15) is 0 Å². The monoisotopic (exact) mass is 180 g/mol. The van der Waals surface area contributed by atoms with Crippen molar-refractivity contribution in [1.82, 2.24) is 0 Å². The molecule has 1 rings (SSSR count). The average molecular weight is 180 g/mol. The van der Waals surface area contributed by atoms with Gasteiger partial charge in [0.15, 0.2) is 0 Å². The van der Waals surface area contributed by atoms with E-state index in [0.29, 0.717) is 0 Å². The molecular weight excluding hydrogens is 175 g/mol. The molecule has 1 aliphatic rings. The summed E-state index contributed by atoms with van der Waals surface area (Å²) in [6, 6.07) is 0. The summed E-state index contributed by atoms with van der Waals surface area (Å²) in [7, 11) is 0. The van der Waals surface area contributed by atoms with Crippen molar-refractivity contribution in [2.75, 3.05) is 0 Å². The van der Waals surface area contributed by atoms with Crippen molar-refractivity contribution < 1.29 is 0 Å². The summed E-state index contributed by atoms with van der Waals surface area (Å²) >= 11 is 2.38. The zero-order valence-corrected chi connectivity index (χ0v) is 5.03. The molecule has 0 radical (unpaired) electrons. The molecule has 1 saturated carbocycles. The zero-order chi connectivity index (χ0) is 3.86. The van der Waals surface area contributed by atoms with Crippen LogP contribution in [0.4, 0.5) is 0 Å². The summed E-state index contributed by atoms with van der Waals surface area (Å²) in [6.07, 6.45) is 1.26. The van der Waals surface area contributed by atoms with E-state index in [1.807, 2.05) is 0 Å². The second-order valence-corrected chi connectivity index (χ2v) is 2.83. The Labute approximate surface area is 45.4 Å². The third-order valence-electron chi connectivity index (χ3n) is 0.724. The lowest BCUT2D eigenvalue weighted by molar-refractivity contribution is 1.57. The van der Waals surface area contributed by atoms with Crippen molar-refractivity contribution in [2.24, 2.45) is 0 Å². The number of halogens is 1. The predicted octanol–water partition coefficient (Wildman–Crippen LogP) is 1.75. The Morgan fingerprint density at radius 1 is 2.00 bits per heavy atom. The summed E-state index contributed by atoms with van der Waals surface area (Å²) in [5.74, 6) is 0. The minimum absolute atomic E-state index is 0.826. The molecule has 0 spiro atoms. The van der Waals surface area contributed by atoms with Crippen LogP contribution in [-0.2, 0) is 0 Å². The highest BCUT2D eigenvalue weighted by molar-refractivity contribution is 14.1. The van der Waals surface area contributed by atoms with Crippen LogP contribution in [0, 0.1) is 0 Å². The van der Waals surface area contributed by atoms with E-state index in [2.05, 4.69) is 29.2 Å². The molecule has 0 unspecified atom stereocenters. The molecule has 1 aliphatic carbocycles. The highest BCUT2D eigenvalue weighted by Crippen LogP contribution is 2.34. The van der Waals surface area contributed by atoms with Crippen LogP contribution in [0.5, 0.6) is 0 Å². The van der Waals surface area contributed by atoms with Crippen molar-refractivity contribution in [3.8, 4) is 0 Å². The van der Waals surface area contributed by atoms with Crippen LogP contribution < -0.4 is 0 Å². The summed E-state index contributed by atoms with van der Waals surface area (Å²) < 4.78 is 0.826. The average Bonchev–Trinajstić information content (AvgIpc) is 1.79. The van der Waals surface area contributed by atoms with E-state index in [4.69, 9.17) is 0 Å². The lowest BCUT2D eigenvalue weighted by Gasteiger charge is -1.55. The van der Waals surface area contributed by atoms with E-state index in [-0.39, 0.29) is 0 Å². The van der Waals surface area contributed by atoms with Gasteiger partial charge < -0.3 is 0 Å². The predicted molar refractivity (Wildman–Crippen MR) is 31.6 cm³/mol. The van der Waals surface area contributed by atoms with Gasteiger partial charge in [-0.15, -0.1) is 0 Å². The largest absolute Gasteiger partial charge is 0.0987 e. The first-order chi connectivity index (χ1) is 2.30. The van der Waals surface area contributed by atoms with Gasteiger partial charge >= 0.3 is 0 Å². The number of allylic oxidation sites excluding steroid dienone is 1. The minimum Gasteiger partial charge on any atom is -0.0987 e. The number of hydrogen-bond acceptors (Lipinski definition) is 0. The van der Waals surface area contributed by atoms with Crippen LogP contribution in [0.3, 0.4) is 0 Å². The quantitative estimate of drug-likeness (QED) is 0.302. The molecule has 0 bridgehead atoms. The molecule has 28 valence electrons. The Morgan fingerprint density at radius 2 is 2.20 bits per heavy atom. The van der Waals surface area contributed by atoms with Crippen LogP contribution in [0.15, 0.2) is 12.2 Å². The molecule has 5 heavy (non-hydrogen) atoms. The van der Waals surface area contributed by atoms with E-state index in [9.17, 15) is 0 Å². The zero-order valence-electron chi connectivity index (χ0n) is 2.87. The fraction of sp³-hybridized carbons (Fsp3) is 0.500. The first-order valence-electron chi connectivity index (χ1n) is 1.62. The topological polar surface area (TPSA) is 0 Å². The maximum absolute atomic E-state index is 3.74. The summed E-state index contributed by atoms with van der Waals surface area (Å²) in [6.45, 7) is 3.74. The second kappa shape index (κ2) is 0.965. The van der Waals surface area contributed by atoms with Gasteiger partial charge in [0.05, 0.1) is 0 Å². The molecular formula is C4H5I. The highest BCUT2D eigenvalue weighted by Gasteiger charge is 2.22. The summed E-state index contributed by atoms with van der Waals surface area (Å²) in [5, 5.41) is 0. The number of alkyl halides is 1. The van der Waals surface area contributed by atoms with Crippen LogP contribution in [-0.4, -0.2) is 3.92 Å². The van der Waals surface area contributed by atoms with Gasteiger partial charge in [-0.1, -0.05) is 34.7 Å². The Morgan fingerprint density at radius 3 is 2.20 bits per heavy atom. The molecule has 0 N–H and O–H groups in total. The standard InChI is InChI=1S/C4H5I/c1-3-2-4(3)5/h4H,1-2H2/t4-/m0/s1. The molecule has 0 aromatic carbocycles. The maximum Gasteiger partial charge on any atom is 0.0354 e. The van der Waals surface area contributed by atoms with Crippen molar-refractivity contribution in [3.63, 3.8) is 0 Å². The highest BCUT2D eigenvalue weighted by atomic mass is 127. The maximum atomic E-state index is 3.74. The molecule has 1 heteroatoms. The van der Waals surface area contributed by atoms with E-state index >= 15 is 0 Å². The minimum atomic E-state index is 0.826. The van der Waals surface area contributed by atoms with E-state index in [1.165, 1.54) is 12.0 Å². The Kier molecular flexibility index (Phi) is 0.705. The molecule has 0 aromatic heterocycles. The third kappa shape index (κ3) is 0.651. The number of hydrogen-bond donors (Lipinski definition) is 0. The first kappa shape index (κ1) is 3.65. The lowest BCUT2D eigenvalue weighted by atomic mass is 10.7. The molecule has 1 atom stereocenters. The molecule has 0 nitrogen and oxygen atoms in total. The lowest BCUT2D eigenvalue weighted by Crippen LogP contribution is -1.46. The fourth-order valence-corrected chi connectivity index (χ4v) is 0.737. The van der Waals surface area contributed by atoms with Crippen molar-refractivity contribution in [1.29, 1.82) is 0 Å². The molecule has 1 fully saturated rings. The van der Waals surface area contributed by atoms with Gasteiger partial charge in [0.25, 0.3) is 0 Å². The fourth-order valence-electron chi connectivity index (χ4n) is 0.171. The molecule has 0 amide bonds. The normalized spacial score (nSPS) is 34.6. The van der Waals surface area contributed by atoms with Gasteiger partial charge in [0.2, 0.25) is 0 Å². The van der Waals surface area contributed by atoms with E-state index in [0.717, 1.165) is 3.92 Å². The van der Waals surface area contributed by atoms with Gasteiger partial charge in [0.1, 0.15) is 0 Å². The summed E-state index contributed by atoms with van der Waals surface area (Å²) in [4.78, 5) is 0. The SMILES string of the molecule is C=C1C[C@@H]1I. The van der Waals surface area contributed by atoms with E-state index in [1.54, 1.807) is 0 Å². The summed E-state index contributed by atoms with van der Waals surface area (Å²) in [5.41, 5.74) is 1.41. The Bertz CT molecular complexity index is 66.0. The van der Waals surface area contributed by atoms with Crippen molar-refractivity contribution >= 4 is 22.6 Å². The van der Waals surface area contributed by atoms with Gasteiger partial charge in [-0.05, 0) is 6.42 Å². The van der Waals surface area contributed by atoms with Gasteiger partial charge in [0, 0.05) is 3.92 Å². The molecule has 0 aromatic rings. The molecule has 0 heterocycles. The van der Waals surface area contributed by atoms with Crippen LogP contribution in [0.2, 0.25) is 0 Å². The molecule has 0 saturated heterocycles. The number of rotatable bonds is 0. The van der Waals surface area contributed by atoms with Crippen molar-refractivity contribution in [3.05, 3.63) is 12.2 Å². The van der Waals surface area contributed by atoms with Crippen LogP contribution in [0.25, 0.3) is 0 Å². The van der Waals surface area contributed by atoms with E-state index < -0.39 is 0 Å². The van der Waals surface area contributed by atoms with Crippen molar-refractivity contribution in [2.45, 2.75) is 10.3 Å². The van der Waals surface area contributed by atoms with Crippen LogP contribution >= 0.6 is 22.6 Å². The first-order valence-corrected chi connectivity index (χ1v) is 2.87. The van der Waals surface area contributed by atoms with Gasteiger partial charge in [-0.3, -0.25) is 0 Å². The molecule has 0 aliphatic heterocycles. The van der Waals surface area contributed by atoms with Crippen LogP contribution in [0.1, 0.15) is 6.42 Å².